The van der Waals surface area contributed by atoms with Crippen molar-refractivity contribution >= 4 is 11.8 Å². The van der Waals surface area contributed by atoms with E-state index in [0.29, 0.717) is 31.9 Å². The number of amides is 2. The Morgan fingerprint density at radius 2 is 1.65 bits per heavy atom. The highest BCUT2D eigenvalue weighted by Gasteiger charge is 2.06. The summed E-state index contributed by atoms with van der Waals surface area (Å²) in [5.74, 6) is 0.526. The van der Waals surface area contributed by atoms with Crippen LogP contribution in [-0.4, -0.2) is 38.7 Å². The molecule has 2 N–H and O–H groups in total. The molecular weight excluding hydrogens is 332 g/mol. The molecule has 0 aliphatic rings. The van der Waals surface area contributed by atoms with Crippen LogP contribution in [0.25, 0.3) is 0 Å². The molecule has 0 fully saturated rings. The van der Waals surface area contributed by atoms with Crippen LogP contribution in [-0.2, 0) is 16.1 Å². The van der Waals surface area contributed by atoms with Crippen molar-refractivity contribution in [3.05, 3.63) is 65.7 Å². The lowest BCUT2D eigenvalue weighted by molar-refractivity contribution is -0.121. The Labute approximate surface area is 153 Å². The van der Waals surface area contributed by atoms with Gasteiger partial charge in [-0.15, -0.1) is 0 Å². The molecule has 2 aromatic rings. The lowest BCUT2D eigenvalue weighted by Gasteiger charge is -2.08. The lowest BCUT2D eigenvalue weighted by Crippen LogP contribution is -2.27. The molecule has 0 heterocycles. The maximum atomic E-state index is 11.9. The highest BCUT2D eigenvalue weighted by Crippen LogP contribution is 2.08. The number of methoxy groups -OCH3 is 1. The van der Waals surface area contributed by atoms with E-state index in [1.54, 1.807) is 19.2 Å². The third kappa shape index (κ3) is 6.94. The summed E-state index contributed by atoms with van der Waals surface area (Å²) in [5.41, 5.74) is 1.50. The summed E-state index contributed by atoms with van der Waals surface area (Å²) in [7, 11) is 1.59. The SMILES string of the molecule is COCCNC(=O)c1ccc(CNC(=O)CCOc2ccccc2)cc1. The Hall–Kier alpha value is -2.86. The molecule has 0 saturated carbocycles. The molecule has 6 heteroatoms. The summed E-state index contributed by atoms with van der Waals surface area (Å²) >= 11 is 0. The Balaban J connectivity index is 1.68. The van der Waals surface area contributed by atoms with Gasteiger partial charge in [-0.05, 0) is 29.8 Å². The predicted molar refractivity (Wildman–Crippen MR) is 99.1 cm³/mol. The first-order valence-electron chi connectivity index (χ1n) is 8.49. The van der Waals surface area contributed by atoms with E-state index in [9.17, 15) is 9.59 Å². The molecule has 0 unspecified atom stereocenters. The average Bonchev–Trinajstić information content (AvgIpc) is 2.68. The first-order chi connectivity index (χ1) is 12.7. The van der Waals surface area contributed by atoms with E-state index in [1.165, 1.54) is 0 Å². The number of rotatable bonds is 10. The third-order valence-electron chi connectivity index (χ3n) is 3.64. The maximum Gasteiger partial charge on any atom is 0.251 e. The molecule has 0 spiro atoms. The van der Waals surface area contributed by atoms with Crippen LogP contribution in [0.15, 0.2) is 54.6 Å². The molecule has 0 atom stereocenters. The van der Waals surface area contributed by atoms with Crippen LogP contribution >= 0.6 is 0 Å². The number of hydrogen-bond donors (Lipinski definition) is 2. The summed E-state index contributed by atoms with van der Waals surface area (Å²) < 4.78 is 10.4. The lowest BCUT2D eigenvalue weighted by atomic mass is 10.1. The van der Waals surface area contributed by atoms with Crippen molar-refractivity contribution in [2.24, 2.45) is 0 Å². The summed E-state index contributed by atoms with van der Waals surface area (Å²) in [6, 6.07) is 16.5. The van der Waals surface area contributed by atoms with Gasteiger partial charge in [0.1, 0.15) is 5.75 Å². The van der Waals surface area contributed by atoms with E-state index < -0.39 is 0 Å². The van der Waals surface area contributed by atoms with Crippen LogP contribution in [0.2, 0.25) is 0 Å². The van der Waals surface area contributed by atoms with Crippen LogP contribution in [0.5, 0.6) is 5.75 Å². The summed E-state index contributed by atoms with van der Waals surface area (Å²) in [6.07, 6.45) is 0.287. The molecule has 2 aromatic carbocycles. The molecule has 138 valence electrons. The van der Waals surface area contributed by atoms with Crippen molar-refractivity contribution in [3.63, 3.8) is 0 Å². The number of carbonyl (C=O) groups is 2. The van der Waals surface area contributed by atoms with Gasteiger partial charge in [-0.3, -0.25) is 9.59 Å². The van der Waals surface area contributed by atoms with Gasteiger partial charge in [-0.2, -0.15) is 0 Å². The number of para-hydroxylation sites is 1. The quantitative estimate of drug-likeness (QED) is 0.640. The van der Waals surface area contributed by atoms with Gasteiger partial charge in [0, 0.05) is 25.8 Å². The third-order valence-corrected chi connectivity index (χ3v) is 3.64. The predicted octanol–water partition coefficient (Wildman–Crippen LogP) is 2.15. The Bertz CT molecular complexity index is 687. The Morgan fingerprint density at radius 3 is 2.35 bits per heavy atom. The summed E-state index contributed by atoms with van der Waals surface area (Å²) in [4.78, 5) is 23.7. The van der Waals surface area contributed by atoms with E-state index in [4.69, 9.17) is 9.47 Å². The fourth-order valence-corrected chi connectivity index (χ4v) is 2.21. The van der Waals surface area contributed by atoms with E-state index >= 15 is 0 Å². The van der Waals surface area contributed by atoms with Gasteiger partial charge >= 0.3 is 0 Å². The molecule has 0 saturated heterocycles. The fraction of sp³-hybridized carbons (Fsp3) is 0.300. The van der Waals surface area contributed by atoms with Gasteiger partial charge < -0.3 is 20.1 Å². The molecule has 0 aliphatic carbocycles. The normalized spacial score (nSPS) is 10.2. The minimum atomic E-state index is -0.143. The molecule has 0 radical (unpaired) electrons. The van der Waals surface area contributed by atoms with Gasteiger partial charge in [0.15, 0.2) is 0 Å². The fourth-order valence-electron chi connectivity index (χ4n) is 2.21. The summed E-state index contributed by atoms with van der Waals surface area (Å²) in [5, 5.41) is 5.60. The minimum absolute atomic E-state index is 0.0812. The van der Waals surface area contributed by atoms with Crippen molar-refractivity contribution < 1.29 is 19.1 Å². The zero-order valence-electron chi connectivity index (χ0n) is 14.9. The van der Waals surface area contributed by atoms with Gasteiger partial charge in [0.2, 0.25) is 5.91 Å². The van der Waals surface area contributed by atoms with E-state index in [1.807, 2.05) is 42.5 Å². The van der Waals surface area contributed by atoms with Gasteiger partial charge in [-0.25, -0.2) is 0 Å². The number of benzene rings is 2. The van der Waals surface area contributed by atoms with Crippen LogP contribution < -0.4 is 15.4 Å². The van der Waals surface area contributed by atoms with Crippen molar-refractivity contribution in [2.75, 3.05) is 26.9 Å². The first-order valence-corrected chi connectivity index (χ1v) is 8.49. The number of nitrogens with one attached hydrogen (secondary N) is 2. The van der Waals surface area contributed by atoms with Crippen molar-refractivity contribution in [3.8, 4) is 5.75 Å². The molecule has 0 aromatic heterocycles. The van der Waals surface area contributed by atoms with Crippen molar-refractivity contribution in [1.82, 2.24) is 10.6 Å². The molecule has 2 amide bonds. The van der Waals surface area contributed by atoms with E-state index in [2.05, 4.69) is 10.6 Å². The van der Waals surface area contributed by atoms with Gasteiger partial charge in [-0.1, -0.05) is 30.3 Å². The second-order valence-corrected chi connectivity index (χ2v) is 5.63. The minimum Gasteiger partial charge on any atom is -0.493 e. The van der Waals surface area contributed by atoms with E-state index in [0.717, 1.165) is 11.3 Å². The van der Waals surface area contributed by atoms with E-state index in [-0.39, 0.29) is 18.2 Å². The smallest absolute Gasteiger partial charge is 0.251 e. The molecule has 0 bridgehead atoms. The largest absolute Gasteiger partial charge is 0.493 e. The molecule has 0 aliphatic heterocycles. The van der Waals surface area contributed by atoms with Crippen LogP contribution in [0, 0.1) is 0 Å². The zero-order valence-corrected chi connectivity index (χ0v) is 14.9. The number of hydrogen-bond acceptors (Lipinski definition) is 4. The Kier molecular flexibility index (Phi) is 8.15. The molecule has 2 rings (SSSR count). The maximum absolute atomic E-state index is 11.9. The highest BCUT2D eigenvalue weighted by molar-refractivity contribution is 5.94. The van der Waals surface area contributed by atoms with Crippen LogP contribution in [0.1, 0.15) is 22.3 Å². The van der Waals surface area contributed by atoms with Crippen molar-refractivity contribution in [1.29, 1.82) is 0 Å². The average molecular weight is 356 g/mol. The summed E-state index contributed by atoms with van der Waals surface area (Å²) in [6.45, 7) is 1.69. The van der Waals surface area contributed by atoms with Crippen LogP contribution in [0.4, 0.5) is 0 Å². The topological polar surface area (TPSA) is 76.7 Å². The zero-order chi connectivity index (χ0) is 18.6. The second-order valence-electron chi connectivity index (χ2n) is 5.63. The second kappa shape index (κ2) is 10.9. The highest BCUT2D eigenvalue weighted by atomic mass is 16.5. The first kappa shape index (κ1) is 19.5. The van der Waals surface area contributed by atoms with Crippen molar-refractivity contribution in [2.45, 2.75) is 13.0 Å². The van der Waals surface area contributed by atoms with Gasteiger partial charge in [0.05, 0.1) is 19.6 Å². The molecule has 6 nitrogen and oxygen atoms in total. The van der Waals surface area contributed by atoms with Gasteiger partial charge in [0.25, 0.3) is 5.91 Å². The Morgan fingerprint density at radius 1 is 0.923 bits per heavy atom. The molecular formula is C20H24N2O4. The number of ether oxygens (including phenoxy) is 2. The van der Waals surface area contributed by atoms with Crippen LogP contribution in [0.3, 0.4) is 0 Å². The number of carbonyl (C=O) groups excluding carboxylic acids is 2. The standard InChI is InChI=1S/C20H24N2O4/c1-25-14-12-21-20(24)17-9-7-16(8-10-17)15-22-19(23)11-13-26-18-5-3-2-4-6-18/h2-10H,11-15H2,1H3,(H,21,24)(H,22,23). The molecule has 26 heavy (non-hydrogen) atoms. The monoisotopic (exact) mass is 356 g/mol.